The van der Waals surface area contributed by atoms with E-state index in [-0.39, 0.29) is 35.2 Å². The largest absolute Gasteiger partial charge is 0.337 e. The van der Waals surface area contributed by atoms with E-state index in [2.05, 4.69) is 0 Å². The Hall–Kier alpha value is -1.43. The normalized spacial score (nSPS) is 27.7. The number of likely N-dealkylation sites (tertiary alicyclic amines) is 1. The summed E-state index contributed by atoms with van der Waals surface area (Å²) < 4.78 is 36.0. The van der Waals surface area contributed by atoms with Gasteiger partial charge in [-0.3, -0.25) is 4.79 Å². The van der Waals surface area contributed by atoms with Crippen LogP contribution < -0.4 is 0 Å². The molecule has 2 fully saturated rings. The van der Waals surface area contributed by atoms with Crippen LogP contribution in [0.3, 0.4) is 0 Å². The first-order chi connectivity index (χ1) is 8.95. The standard InChI is InChI=1S/C13H14FNO3S/c14-10-3-1-9(2-4-10)5-13(16)15-7-12-6-11(15)8-19(12,17)18/h1-4,11-12H,5-8H2. The first-order valence-corrected chi connectivity index (χ1v) is 7.93. The number of fused-ring (bicyclic) bond motifs is 2. The number of sulfone groups is 1. The molecule has 6 heteroatoms. The molecule has 102 valence electrons. The fourth-order valence-electron chi connectivity index (χ4n) is 2.88. The Morgan fingerprint density at radius 3 is 2.53 bits per heavy atom. The van der Waals surface area contributed by atoms with Gasteiger partial charge in [0.1, 0.15) is 5.82 Å². The maximum atomic E-state index is 12.8. The third-order valence-electron chi connectivity index (χ3n) is 3.90. The van der Waals surface area contributed by atoms with Crippen LogP contribution in [0, 0.1) is 5.82 Å². The minimum atomic E-state index is -2.98. The van der Waals surface area contributed by atoms with E-state index in [1.54, 1.807) is 17.0 Å². The van der Waals surface area contributed by atoms with E-state index in [1.165, 1.54) is 12.1 Å². The van der Waals surface area contributed by atoms with Crippen molar-refractivity contribution in [1.29, 1.82) is 0 Å². The molecule has 19 heavy (non-hydrogen) atoms. The molecule has 1 amide bonds. The molecule has 1 aromatic carbocycles. The fraction of sp³-hybridized carbons (Fsp3) is 0.462. The second-order valence-electron chi connectivity index (χ2n) is 5.19. The van der Waals surface area contributed by atoms with Crippen molar-refractivity contribution in [3.8, 4) is 0 Å². The van der Waals surface area contributed by atoms with Crippen molar-refractivity contribution in [2.75, 3.05) is 12.3 Å². The van der Waals surface area contributed by atoms with E-state index in [4.69, 9.17) is 0 Å². The Kier molecular flexibility index (Phi) is 2.85. The Bertz CT molecular complexity index is 611. The highest BCUT2D eigenvalue weighted by atomic mass is 32.2. The smallest absolute Gasteiger partial charge is 0.227 e. The van der Waals surface area contributed by atoms with Gasteiger partial charge in [-0.25, -0.2) is 12.8 Å². The van der Waals surface area contributed by atoms with Crippen molar-refractivity contribution in [2.24, 2.45) is 0 Å². The molecule has 2 bridgehead atoms. The lowest BCUT2D eigenvalue weighted by Crippen LogP contribution is -2.44. The van der Waals surface area contributed by atoms with Crippen molar-refractivity contribution >= 4 is 15.7 Å². The van der Waals surface area contributed by atoms with Crippen LogP contribution in [0.2, 0.25) is 0 Å². The van der Waals surface area contributed by atoms with Crippen LogP contribution in [0.15, 0.2) is 24.3 Å². The molecule has 4 nitrogen and oxygen atoms in total. The third-order valence-corrected chi connectivity index (χ3v) is 6.10. The van der Waals surface area contributed by atoms with Gasteiger partial charge in [0, 0.05) is 12.6 Å². The molecule has 3 rings (SSSR count). The monoisotopic (exact) mass is 283 g/mol. The van der Waals surface area contributed by atoms with Crippen molar-refractivity contribution in [2.45, 2.75) is 24.1 Å². The van der Waals surface area contributed by atoms with E-state index < -0.39 is 9.84 Å². The van der Waals surface area contributed by atoms with Gasteiger partial charge in [-0.1, -0.05) is 12.1 Å². The number of nitrogens with zero attached hydrogens (tertiary/aromatic N) is 1. The summed E-state index contributed by atoms with van der Waals surface area (Å²) in [6, 6.07) is 5.64. The molecule has 2 aliphatic rings. The van der Waals surface area contributed by atoms with Gasteiger partial charge in [0.2, 0.25) is 5.91 Å². The summed E-state index contributed by atoms with van der Waals surface area (Å²) in [6.45, 7) is 0.313. The van der Waals surface area contributed by atoms with E-state index in [0.717, 1.165) is 5.56 Å². The Balaban J connectivity index is 1.69. The van der Waals surface area contributed by atoms with Crippen molar-refractivity contribution in [1.82, 2.24) is 4.90 Å². The van der Waals surface area contributed by atoms with Gasteiger partial charge >= 0.3 is 0 Å². The van der Waals surface area contributed by atoms with Crippen LogP contribution in [0.1, 0.15) is 12.0 Å². The first kappa shape index (κ1) is 12.6. The van der Waals surface area contributed by atoms with E-state index >= 15 is 0 Å². The first-order valence-electron chi connectivity index (χ1n) is 6.21. The summed E-state index contributed by atoms with van der Waals surface area (Å²) in [7, 11) is -2.98. The Morgan fingerprint density at radius 2 is 2.00 bits per heavy atom. The average Bonchev–Trinajstić information content (AvgIpc) is 2.87. The average molecular weight is 283 g/mol. The molecule has 2 aliphatic heterocycles. The van der Waals surface area contributed by atoms with Crippen molar-refractivity contribution < 1.29 is 17.6 Å². The molecular weight excluding hydrogens is 269 g/mol. The fourth-order valence-corrected chi connectivity index (χ4v) is 4.91. The zero-order chi connectivity index (χ0) is 13.6. The highest BCUT2D eigenvalue weighted by molar-refractivity contribution is 7.92. The summed E-state index contributed by atoms with van der Waals surface area (Å²) in [5, 5.41) is -0.380. The summed E-state index contributed by atoms with van der Waals surface area (Å²) in [6.07, 6.45) is 0.765. The number of rotatable bonds is 2. The van der Waals surface area contributed by atoms with Gasteiger partial charge in [-0.05, 0) is 24.1 Å². The Morgan fingerprint density at radius 1 is 1.32 bits per heavy atom. The molecule has 2 saturated heterocycles. The second-order valence-corrected chi connectivity index (χ2v) is 7.52. The van der Waals surface area contributed by atoms with E-state index in [9.17, 15) is 17.6 Å². The van der Waals surface area contributed by atoms with Gasteiger partial charge in [-0.2, -0.15) is 0 Å². The van der Waals surface area contributed by atoms with E-state index in [1.807, 2.05) is 0 Å². The van der Waals surface area contributed by atoms with Crippen LogP contribution in [-0.4, -0.2) is 42.8 Å². The molecule has 0 aliphatic carbocycles. The lowest BCUT2D eigenvalue weighted by molar-refractivity contribution is -0.131. The molecule has 0 saturated carbocycles. The number of amides is 1. The zero-order valence-electron chi connectivity index (χ0n) is 10.3. The lowest BCUT2D eigenvalue weighted by Gasteiger charge is -2.26. The summed E-state index contributed by atoms with van der Waals surface area (Å²) in [4.78, 5) is 13.8. The molecule has 0 aromatic heterocycles. The molecule has 2 unspecified atom stereocenters. The highest BCUT2D eigenvalue weighted by Crippen LogP contribution is 2.33. The van der Waals surface area contributed by atoms with E-state index in [0.29, 0.717) is 13.0 Å². The minimum absolute atomic E-state index is 0.0750. The van der Waals surface area contributed by atoms with Gasteiger partial charge in [0.15, 0.2) is 9.84 Å². The van der Waals surface area contributed by atoms with Crippen molar-refractivity contribution in [3.63, 3.8) is 0 Å². The summed E-state index contributed by atoms with van der Waals surface area (Å²) in [5.41, 5.74) is 0.747. The van der Waals surface area contributed by atoms with Crippen LogP contribution in [0.25, 0.3) is 0 Å². The number of hydrogen-bond acceptors (Lipinski definition) is 3. The van der Waals surface area contributed by atoms with Crippen molar-refractivity contribution in [3.05, 3.63) is 35.6 Å². The number of halogens is 1. The SMILES string of the molecule is O=C(Cc1ccc(F)cc1)N1CC2CC1CS2(=O)=O. The summed E-state index contributed by atoms with van der Waals surface area (Å²) in [5.74, 6) is -0.316. The predicted octanol–water partition coefficient (Wildman–Crippen LogP) is 0.766. The number of carbonyl (C=O) groups excluding carboxylic acids is 1. The topological polar surface area (TPSA) is 54.5 Å². The minimum Gasteiger partial charge on any atom is -0.337 e. The molecule has 0 N–H and O–H groups in total. The lowest BCUT2D eigenvalue weighted by atomic mass is 10.1. The van der Waals surface area contributed by atoms with Crippen LogP contribution >= 0.6 is 0 Å². The van der Waals surface area contributed by atoms with Gasteiger partial charge in [-0.15, -0.1) is 0 Å². The molecule has 2 heterocycles. The van der Waals surface area contributed by atoms with Gasteiger partial charge in [0.25, 0.3) is 0 Å². The number of benzene rings is 1. The molecule has 2 atom stereocenters. The van der Waals surface area contributed by atoms with Crippen LogP contribution in [0.5, 0.6) is 0 Å². The van der Waals surface area contributed by atoms with Gasteiger partial charge in [0.05, 0.1) is 17.4 Å². The molecule has 0 spiro atoms. The van der Waals surface area contributed by atoms with Gasteiger partial charge < -0.3 is 4.90 Å². The maximum Gasteiger partial charge on any atom is 0.227 e. The maximum absolute atomic E-state index is 12.8. The number of carbonyl (C=O) groups is 1. The molecule has 0 radical (unpaired) electrons. The quantitative estimate of drug-likeness (QED) is 0.805. The molecule has 1 aromatic rings. The second kappa shape index (κ2) is 4.30. The third kappa shape index (κ3) is 2.25. The Labute approximate surface area is 111 Å². The highest BCUT2D eigenvalue weighted by Gasteiger charge is 2.49. The van der Waals surface area contributed by atoms with Crippen LogP contribution in [0.4, 0.5) is 4.39 Å². The van der Waals surface area contributed by atoms with Crippen LogP contribution in [-0.2, 0) is 21.1 Å². The zero-order valence-corrected chi connectivity index (χ0v) is 11.1. The summed E-state index contributed by atoms with van der Waals surface area (Å²) >= 11 is 0. The predicted molar refractivity (Wildman–Crippen MR) is 67.8 cm³/mol. The molecular formula is C13H14FNO3S. The number of hydrogen-bond donors (Lipinski definition) is 0.